The van der Waals surface area contributed by atoms with Crippen LogP contribution in [0.25, 0.3) is 11.3 Å². The first-order valence-corrected chi connectivity index (χ1v) is 12.3. The number of carbonyl (C=O) groups is 1. The standard InChI is InChI=1S/C27H34N4O2/c1-2-3-7-17-31-25(29-24(30-31)18-20-9-5-4-6-10-20)19-21-12-14-22(15-13-21)26-23(27(32)33)11-8-16-28-26/h8,11-16,20H,2-7,9-10,17-19H2,1H3,(H,32,33). The molecule has 1 saturated carbocycles. The molecule has 0 spiro atoms. The summed E-state index contributed by atoms with van der Waals surface area (Å²) in [5.41, 5.74) is 2.65. The third kappa shape index (κ3) is 6.06. The van der Waals surface area contributed by atoms with E-state index in [-0.39, 0.29) is 5.56 Å². The molecule has 6 nitrogen and oxygen atoms in total. The van der Waals surface area contributed by atoms with Gasteiger partial charge in [0.05, 0.1) is 11.3 Å². The fourth-order valence-corrected chi connectivity index (χ4v) is 4.75. The van der Waals surface area contributed by atoms with E-state index >= 15 is 0 Å². The van der Waals surface area contributed by atoms with Gasteiger partial charge in [0.15, 0.2) is 5.82 Å². The Morgan fingerprint density at radius 3 is 2.61 bits per heavy atom. The second kappa shape index (κ2) is 11.2. The number of nitrogens with zero attached hydrogens (tertiary/aromatic N) is 4. The molecule has 6 heteroatoms. The summed E-state index contributed by atoms with van der Waals surface area (Å²) in [6, 6.07) is 11.2. The molecule has 0 saturated heterocycles. The highest BCUT2D eigenvalue weighted by molar-refractivity contribution is 5.94. The van der Waals surface area contributed by atoms with Crippen molar-refractivity contribution in [2.75, 3.05) is 0 Å². The Hall–Kier alpha value is -3.02. The fraction of sp³-hybridized carbons (Fsp3) is 0.481. The molecule has 1 fully saturated rings. The van der Waals surface area contributed by atoms with Gasteiger partial charge < -0.3 is 5.11 Å². The van der Waals surface area contributed by atoms with E-state index in [1.807, 2.05) is 24.3 Å². The van der Waals surface area contributed by atoms with Gasteiger partial charge in [0.2, 0.25) is 0 Å². The Bertz CT molecular complexity index is 1050. The molecular weight excluding hydrogens is 412 g/mol. The highest BCUT2D eigenvalue weighted by Gasteiger charge is 2.18. The molecule has 1 aliphatic rings. The zero-order valence-electron chi connectivity index (χ0n) is 19.5. The molecule has 3 aromatic rings. The van der Waals surface area contributed by atoms with Gasteiger partial charge in [0.25, 0.3) is 0 Å². The summed E-state index contributed by atoms with van der Waals surface area (Å²) >= 11 is 0. The highest BCUT2D eigenvalue weighted by Crippen LogP contribution is 2.27. The quantitative estimate of drug-likeness (QED) is 0.390. The van der Waals surface area contributed by atoms with Crippen LogP contribution < -0.4 is 0 Å². The lowest BCUT2D eigenvalue weighted by molar-refractivity contribution is 0.0697. The number of aromatic nitrogens is 4. The van der Waals surface area contributed by atoms with Crippen LogP contribution in [0.5, 0.6) is 0 Å². The first kappa shape index (κ1) is 23.1. The summed E-state index contributed by atoms with van der Waals surface area (Å²) in [6.07, 6.45) is 13.5. The van der Waals surface area contributed by atoms with E-state index in [4.69, 9.17) is 10.1 Å². The molecule has 0 atom stereocenters. The number of pyridine rings is 1. The number of aromatic carboxylic acids is 1. The van der Waals surface area contributed by atoms with Crippen LogP contribution in [0.1, 0.15) is 85.9 Å². The van der Waals surface area contributed by atoms with Gasteiger partial charge in [0.1, 0.15) is 5.82 Å². The van der Waals surface area contributed by atoms with Gasteiger partial charge in [-0.05, 0) is 30.0 Å². The maximum absolute atomic E-state index is 11.5. The normalized spacial score (nSPS) is 14.5. The van der Waals surface area contributed by atoms with Crippen LogP contribution in [-0.2, 0) is 19.4 Å². The summed E-state index contributed by atoms with van der Waals surface area (Å²) in [5, 5.41) is 14.4. The third-order valence-electron chi connectivity index (χ3n) is 6.59. The minimum Gasteiger partial charge on any atom is -0.478 e. The molecule has 33 heavy (non-hydrogen) atoms. The van der Waals surface area contributed by atoms with Crippen molar-refractivity contribution in [3.8, 4) is 11.3 Å². The van der Waals surface area contributed by atoms with Crippen molar-refractivity contribution in [2.45, 2.75) is 77.7 Å². The lowest BCUT2D eigenvalue weighted by atomic mass is 9.87. The molecule has 0 unspecified atom stereocenters. The third-order valence-corrected chi connectivity index (χ3v) is 6.59. The summed E-state index contributed by atoms with van der Waals surface area (Å²) in [5.74, 6) is 1.77. The number of unbranched alkanes of at least 4 members (excludes halogenated alkanes) is 2. The number of carboxylic acid groups (broad SMARTS) is 1. The maximum Gasteiger partial charge on any atom is 0.337 e. The molecule has 174 valence electrons. The monoisotopic (exact) mass is 446 g/mol. The molecule has 0 amide bonds. The molecule has 2 aromatic heterocycles. The molecule has 1 N–H and O–H groups in total. The maximum atomic E-state index is 11.5. The number of hydrogen-bond donors (Lipinski definition) is 1. The van der Waals surface area contributed by atoms with Gasteiger partial charge in [-0.25, -0.2) is 14.5 Å². The lowest BCUT2D eigenvalue weighted by Gasteiger charge is -2.19. The zero-order chi connectivity index (χ0) is 23.0. The Kier molecular flexibility index (Phi) is 7.87. The summed E-state index contributed by atoms with van der Waals surface area (Å²) in [6.45, 7) is 3.13. The van der Waals surface area contributed by atoms with E-state index in [2.05, 4.69) is 16.6 Å². The molecule has 4 rings (SSSR count). The van der Waals surface area contributed by atoms with E-state index < -0.39 is 5.97 Å². The molecule has 0 bridgehead atoms. The van der Waals surface area contributed by atoms with E-state index in [0.717, 1.165) is 54.5 Å². The minimum atomic E-state index is -0.965. The number of rotatable bonds is 10. The van der Waals surface area contributed by atoms with Gasteiger partial charge in [-0.2, -0.15) is 5.10 Å². The average molecular weight is 447 g/mol. The SMILES string of the molecule is CCCCCn1nc(CC2CCCCC2)nc1Cc1ccc(-c2ncccc2C(=O)O)cc1. The molecule has 2 heterocycles. The highest BCUT2D eigenvalue weighted by atomic mass is 16.4. The van der Waals surface area contributed by atoms with Crippen molar-refractivity contribution >= 4 is 5.97 Å². The van der Waals surface area contributed by atoms with E-state index in [1.165, 1.54) is 44.9 Å². The van der Waals surface area contributed by atoms with Crippen molar-refractivity contribution in [3.63, 3.8) is 0 Å². The summed E-state index contributed by atoms with van der Waals surface area (Å²) in [7, 11) is 0. The lowest BCUT2D eigenvalue weighted by Crippen LogP contribution is -2.10. The van der Waals surface area contributed by atoms with Crippen molar-refractivity contribution < 1.29 is 9.90 Å². The van der Waals surface area contributed by atoms with Crippen molar-refractivity contribution in [2.24, 2.45) is 5.92 Å². The second-order valence-corrected chi connectivity index (χ2v) is 9.16. The predicted molar refractivity (Wildman–Crippen MR) is 129 cm³/mol. The molecule has 1 aliphatic carbocycles. The van der Waals surface area contributed by atoms with E-state index in [9.17, 15) is 9.90 Å². The number of benzene rings is 1. The summed E-state index contributed by atoms with van der Waals surface area (Å²) in [4.78, 5) is 20.8. The van der Waals surface area contributed by atoms with E-state index in [1.54, 1.807) is 18.3 Å². The Morgan fingerprint density at radius 1 is 1.09 bits per heavy atom. The number of aryl methyl sites for hydroxylation is 1. The average Bonchev–Trinajstić information content (AvgIpc) is 3.21. The number of hydrogen-bond acceptors (Lipinski definition) is 4. The first-order chi connectivity index (χ1) is 16.1. The predicted octanol–water partition coefficient (Wildman–Crippen LogP) is 5.94. The van der Waals surface area contributed by atoms with Crippen LogP contribution in [0.2, 0.25) is 0 Å². The van der Waals surface area contributed by atoms with Gasteiger partial charge in [-0.15, -0.1) is 0 Å². The van der Waals surface area contributed by atoms with Crippen LogP contribution in [0.15, 0.2) is 42.6 Å². The second-order valence-electron chi connectivity index (χ2n) is 9.16. The molecule has 0 aliphatic heterocycles. The van der Waals surface area contributed by atoms with Gasteiger partial charge >= 0.3 is 5.97 Å². The van der Waals surface area contributed by atoms with Crippen LogP contribution in [0.4, 0.5) is 0 Å². The first-order valence-electron chi connectivity index (χ1n) is 12.3. The van der Waals surface area contributed by atoms with Gasteiger partial charge in [-0.1, -0.05) is 76.1 Å². The van der Waals surface area contributed by atoms with Crippen LogP contribution >= 0.6 is 0 Å². The van der Waals surface area contributed by atoms with Crippen molar-refractivity contribution in [3.05, 3.63) is 65.4 Å². The van der Waals surface area contributed by atoms with Gasteiger partial charge in [-0.3, -0.25) is 4.98 Å². The smallest absolute Gasteiger partial charge is 0.337 e. The molecular formula is C27H34N4O2. The Balaban J connectivity index is 1.51. The number of carboxylic acids is 1. The van der Waals surface area contributed by atoms with Crippen molar-refractivity contribution in [1.29, 1.82) is 0 Å². The fourth-order valence-electron chi connectivity index (χ4n) is 4.75. The minimum absolute atomic E-state index is 0.216. The van der Waals surface area contributed by atoms with Crippen molar-refractivity contribution in [1.82, 2.24) is 19.7 Å². The van der Waals surface area contributed by atoms with Crippen LogP contribution in [0.3, 0.4) is 0 Å². The Morgan fingerprint density at radius 2 is 1.88 bits per heavy atom. The largest absolute Gasteiger partial charge is 0.478 e. The van der Waals surface area contributed by atoms with E-state index in [0.29, 0.717) is 5.69 Å². The van der Waals surface area contributed by atoms with Crippen LogP contribution in [0, 0.1) is 5.92 Å². The van der Waals surface area contributed by atoms with Crippen LogP contribution in [-0.4, -0.2) is 30.8 Å². The van der Waals surface area contributed by atoms with Gasteiger partial charge in [0, 0.05) is 31.1 Å². The zero-order valence-corrected chi connectivity index (χ0v) is 19.5. The molecule has 0 radical (unpaired) electrons. The Labute approximate surface area is 196 Å². The summed E-state index contributed by atoms with van der Waals surface area (Å²) < 4.78 is 2.11. The molecule has 1 aromatic carbocycles. The topological polar surface area (TPSA) is 80.9 Å².